The standard InChI is InChI=1S/C23H19FN4O2/c1-14-11-17(15(2)28(14)21-9-5-19(24)6-10-21)12-18(13-25)23(30)27-20-7-3-16(4-8-20)22(26)29/h3-12H,1-2H3,(H2,26,29)(H,27,30)/b18-12+. The van der Waals surface area contributed by atoms with Gasteiger partial charge in [0.2, 0.25) is 5.91 Å². The number of carbonyl (C=O) groups is 2. The number of nitriles is 1. The molecule has 0 aliphatic heterocycles. The molecule has 2 amide bonds. The number of anilines is 1. The van der Waals surface area contributed by atoms with Crippen molar-refractivity contribution in [3.63, 3.8) is 0 Å². The zero-order valence-corrected chi connectivity index (χ0v) is 16.4. The van der Waals surface area contributed by atoms with Crippen LogP contribution in [-0.2, 0) is 4.79 Å². The molecule has 1 aromatic heterocycles. The molecule has 0 bridgehead atoms. The average molecular weight is 402 g/mol. The fraction of sp³-hybridized carbons (Fsp3) is 0.0870. The first kappa shape index (κ1) is 20.6. The van der Waals surface area contributed by atoms with E-state index >= 15 is 0 Å². The fourth-order valence-electron chi connectivity index (χ4n) is 3.14. The molecule has 150 valence electrons. The normalized spacial score (nSPS) is 11.1. The maximum atomic E-state index is 13.2. The molecule has 0 aliphatic rings. The van der Waals surface area contributed by atoms with Gasteiger partial charge in [-0.15, -0.1) is 0 Å². The van der Waals surface area contributed by atoms with Gasteiger partial charge in [-0.05, 0) is 80.1 Å². The van der Waals surface area contributed by atoms with Gasteiger partial charge in [-0.2, -0.15) is 5.26 Å². The third-order valence-corrected chi connectivity index (χ3v) is 4.65. The summed E-state index contributed by atoms with van der Waals surface area (Å²) in [5.74, 6) is -1.47. The second kappa shape index (κ2) is 8.45. The number of hydrogen-bond donors (Lipinski definition) is 2. The molecule has 30 heavy (non-hydrogen) atoms. The Hall–Kier alpha value is -4.18. The molecule has 0 saturated heterocycles. The highest BCUT2D eigenvalue weighted by molar-refractivity contribution is 6.10. The van der Waals surface area contributed by atoms with Gasteiger partial charge >= 0.3 is 0 Å². The molecule has 0 fully saturated rings. The van der Waals surface area contributed by atoms with Crippen LogP contribution in [0.15, 0.2) is 60.2 Å². The summed E-state index contributed by atoms with van der Waals surface area (Å²) in [4.78, 5) is 23.7. The number of carbonyl (C=O) groups excluding carboxylic acids is 2. The van der Waals surface area contributed by atoms with Crippen molar-refractivity contribution in [2.75, 3.05) is 5.32 Å². The first-order chi connectivity index (χ1) is 14.3. The lowest BCUT2D eigenvalue weighted by Gasteiger charge is -2.09. The lowest BCUT2D eigenvalue weighted by atomic mass is 10.1. The van der Waals surface area contributed by atoms with Crippen molar-refractivity contribution in [2.24, 2.45) is 5.73 Å². The van der Waals surface area contributed by atoms with E-state index in [4.69, 9.17) is 5.73 Å². The Kier molecular flexibility index (Phi) is 5.79. The Morgan fingerprint density at radius 3 is 2.30 bits per heavy atom. The molecule has 0 saturated carbocycles. The number of amides is 2. The minimum absolute atomic E-state index is 0.0756. The van der Waals surface area contributed by atoms with E-state index in [1.54, 1.807) is 12.1 Å². The van der Waals surface area contributed by atoms with E-state index in [9.17, 15) is 19.2 Å². The van der Waals surface area contributed by atoms with Crippen LogP contribution in [0.2, 0.25) is 0 Å². The van der Waals surface area contributed by atoms with Gasteiger partial charge in [0.25, 0.3) is 5.91 Å². The van der Waals surface area contributed by atoms with Crippen LogP contribution in [0, 0.1) is 31.0 Å². The molecule has 2 aromatic carbocycles. The number of halogens is 1. The van der Waals surface area contributed by atoms with Crippen molar-refractivity contribution in [1.82, 2.24) is 4.57 Å². The van der Waals surface area contributed by atoms with Gasteiger partial charge < -0.3 is 15.6 Å². The largest absolute Gasteiger partial charge is 0.366 e. The number of rotatable bonds is 5. The molecule has 3 N–H and O–H groups in total. The number of hydrogen-bond acceptors (Lipinski definition) is 3. The minimum atomic E-state index is -0.573. The van der Waals surface area contributed by atoms with E-state index in [1.807, 2.05) is 30.6 Å². The Labute approximate surface area is 173 Å². The Morgan fingerprint density at radius 1 is 1.10 bits per heavy atom. The fourth-order valence-corrected chi connectivity index (χ4v) is 3.14. The number of benzene rings is 2. The third-order valence-electron chi connectivity index (χ3n) is 4.65. The number of nitrogens with one attached hydrogen (secondary N) is 1. The number of aromatic nitrogens is 1. The monoisotopic (exact) mass is 402 g/mol. The average Bonchev–Trinajstić information content (AvgIpc) is 3.00. The van der Waals surface area contributed by atoms with Crippen LogP contribution in [-0.4, -0.2) is 16.4 Å². The molecule has 0 atom stereocenters. The molecular formula is C23H19FN4O2. The van der Waals surface area contributed by atoms with E-state index in [2.05, 4.69) is 5.32 Å². The molecular weight excluding hydrogens is 383 g/mol. The first-order valence-electron chi connectivity index (χ1n) is 9.08. The van der Waals surface area contributed by atoms with E-state index in [-0.39, 0.29) is 11.4 Å². The first-order valence-corrected chi connectivity index (χ1v) is 9.08. The highest BCUT2D eigenvalue weighted by Gasteiger charge is 2.14. The smallest absolute Gasteiger partial charge is 0.266 e. The number of aryl methyl sites for hydroxylation is 1. The van der Waals surface area contributed by atoms with Gasteiger partial charge in [0.1, 0.15) is 17.5 Å². The van der Waals surface area contributed by atoms with E-state index < -0.39 is 11.8 Å². The van der Waals surface area contributed by atoms with Gasteiger partial charge in [-0.25, -0.2) is 4.39 Å². The predicted octanol–water partition coefficient (Wildman–Crippen LogP) is 3.88. The quantitative estimate of drug-likeness (QED) is 0.500. The van der Waals surface area contributed by atoms with Gasteiger partial charge in [0, 0.05) is 28.3 Å². The van der Waals surface area contributed by atoms with Crippen molar-refractivity contribution in [3.8, 4) is 11.8 Å². The summed E-state index contributed by atoms with van der Waals surface area (Å²) >= 11 is 0. The van der Waals surface area contributed by atoms with E-state index in [0.29, 0.717) is 16.8 Å². The molecule has 3 aromatic rings. The minimum Gasteiger partial charge on any atom is -0.366 e. The highest BCUT2D eigenvalue weighted by Crippen LogP contribution is 2.23. The van der Waals surface area contributed by atoms with Gasteiger partial charge in [-0.3, -0.25) is 9.59 Å². The van der Waals surface area contributed by atoms with Crippen LogP contribution in [0.25, 0.3) is 11.8 Å². The van der Waals surface area contributed by atoms with Crippen LogP contribution in [0.1, 0.15) is 27.3 Å². The number of nitrogens with two attached hydrogens (primary N) is 1. The van der Waals surface area contributed by atoms with E-state index in [0.717, 1.165) is 17.1 Å². The van der Waals surface area contributed by atoms with Crippen molar-refractivity contribution in [2.45, 2.75) is 13.8 Å². The predicted molar refractivity (Wildman–Crippen MR) is 112 cm³/mol. The maximum absolute atomic E-state index is 13.2. The van der Waals surface area contributed by atoms with Gasteiger partial charge in [0.15, 0.2) is 0 Å². The maximum Gasteiger partial charge on any atom is 0.266 e. The van der Waals surface area contributed by atoms with Crippen molar-refractivity contribution in [1.29, 1.82) is 5.26 Å². The van der Waals surface area contributed by atoms with Gasteiger partial charge in [0.05, 0.1) is 0 Å². The molecule has 7 heteroatoms. The summed E-state index contributed by atoms with van der Waals surface area (Å²) in [6.45, 7) is 3.75. The number of primary amides is 1. The van der Waals surface area contributed by atoms with Crippen LogP contribution < -0.4 is 11.1 Å². The lowest BCUT2D eigenvalue weighted by molar-refractivity contribution is -0.112. The lowest BCUT2D eigenvalue weighted by Crippen LogP contribution is -2.14. The Morgan fingerprint density at radius 2 is 1.73 bits per heavy atom. The zero-order chi connectivity index (χ0) is 21.8. The van der Waals surface area contributed by atoms with Crippen LogP contribution >= 0.6 is 0 Å². The molecule has 1 heterocycles. The molecule has 0 unspecified atom stereocenters. The number of nitrogens with zero attached hydrogens (tertiary/aromatic N) is 2. The molecule has 6 nitrogen and oxygen atoms in total. The van der Waals surface area contributed by atoms with Crippen molar-refractivity contribution < 1.29 is 14.0 Å². The molecule has 3 rings (SSSR count). The molecule has 0 aliphatic carbocycles. The van der Waals surface area contributed by atoms with Gasteiger partial charge in [-0.1, -0.05) is 0 Å². The molecule has 0 radical (unpaired) electrons. The summed E-state index contributed by atoms with van der Waals surface area (Å²) < 4.78 is 15.2. The Bertz CT molecular complexity index is 1180. The molecule has 0 spiro atoms. The van der Waals surface area contributed by atoms with Crippen LogP contribution in [0.5, 0.6) is 0 Å². The van der Waals surface area contributed by atoms with Crippen LogP contribution in [0.4, 0.5) is 10.1 Å². The Balaban J connectivity index is 1.88. The summed E-state index contributed by atoms with van der Waals surface area (Å²) in [7, 11) is 0. The summed E-state index contributed by atoms with van der Waals surface area (Å²) in [5.41, 5.74) is 9.05. The SMILES string of the molecule is Cc1cc(/C=C(\C#N)C(=O)Nc2ccc(C(N)=O)cc2)c(C)n1-c1ccc(F)cc1. The summed E-state index contributed by atoms with van der Waals surface area (Å²) in [5, 5.41) is 12.1. The summed E-state index contributed by atoms with van der Waals surface area (Å²) in [6, 6.07) is 15.9. The highest BCUT2D eigenvalue weighted by atomic mass is 19.1. The zero-order valence-electron chi connectivity index (χ0n) is 16.4. The topological polar surface area (TPSA) is 101 Å². The van der Waals surface area contributed by atoms with Crippen molar-refractivity contribution >= 4 is 23.6 Å². The summed E-state index contributed by atoms with van der Waals surface area (Å²) in [6.07, 6.45) is 1.51. The second-order valence-corrected chi connectivity index (χ2v) is 6.70. The second-order valence-electron chi connectivity index (χ2n) is 6.70. The van der Waals surface area contributed by atoms with Crippen molar-refractivity contribution in [3.05, 3.63) is 88.5 Å². The van der Waals surface area contributed by atoms with E-state index in [1.165, 1.54) is 42.5 Å². The van der Waals surface area contributed by atoms with Crippen LogP contribution in [0.3, 0.4) is 0 Å². The third kappa shape index (κ3) is 4.28.